The Morgan fingerprint density at radius 1 is 1.80 bits per heavy atom. The van der Waals surface area contributed by atoms with Crippen LogP contribution in [0.25, 0.3) is 0 Å². The smallest absolute Gasteiger partial charge is 0.153 e. The molecule has 0 fully saturated rings. The van der Waals surface area contributed by atoms with Crippen molar-refractivity contribution in [3.63, 3.8) is 0 Å². The van der Waals surface area contributed by atoms with E-state index in [1.807, 2.05) is 6.92 Å². The zero-order chi connectivity index (χ0) is 8.15. The van der Waals surface area contributed by atoms with Crippen LogP contribution in [0.3, 0.4) is 0 Å². The van der Waals surface area contributed by atoms with Crippen molar-refractivity contribution in [3.05, 3.63) is 10.5 Å². The topological polar surface area (TPSA) is 43.1 Å². The van der Waals surface area contributed by atoms with Gasteiger partial charge in [0.15, 0.2) is 6.29 Å². The molecular formula is C6H9NOS2. The van der Waals surface area contributed by atoms with Crippen molar-refractivity contribution in [2.75, 3.05) is 0 Å². The van der Waals surface area contributed by atoms with Crippen LogP contribution in [-0.2, 0) is 4.79 Å². The molecule has 0 saturated carbocycles. The summed E-state index contributed by atoms with van der Waals surface area (Å²) in [6.45, 7) is 1.88. The van der Waals surface area contributed by atoms with Crippen LogP contribution in [0.5, 0.6) is 0 Å². The van der Waals surface area contributed by atoms with Gasteiger partial charge in [-0.2, -0.15) is 0 Å². The molecule has 0 aliphatic rings. The van der Waals surface area contributed by atoms with Crippen LogP contribution in [0.1, 0.15) is 13.3 Å². The number of thiocarbonyl (C=S) groups is 1. The molecule has 0 amide bonds. The van der Waals surface area contributed by atoms with E-state index in [2.05, 4.69) is 24.8 Å². The van der Waals surface area contributed by atoms with E-state index in [1.165, 1.54) is 0 Å². The van der Waals surface area contributed by atoms with Gasteiger partial charge in [-0.15, -0.1) is 12.6 Å². The number of aldehydes is 1. The zero-order valence-corrected chi connectivity index (χ0v) is 7.34. The predicted molar refractivity (Wildman–Crippen MR) is 49.2 cm³/mol. The fourth-order valence-electron chi connectivity index (χ4n) is 0.459. The summed E-state index contributed by atoms with van der Waals surface area (Å²) in [6, 6.07) is 0. The second-order valence-electron chi connectivity index (χ2n) is 1.70. The number of carbonyl (C=O) groups excluding carboxylic acids is 1. The van der Waals surface area contributed by atoms with Crippen LogP contribution >= 0.6 is 24.8 Å². The number of hydrogen-bond donors (Lipinski definition) is 2. The number of allylic oxidation sites excluding steroid dienone is 1. The van der Waals surface area contributed by atoms with Gasteiger partial charge in [-0.25, -0.2) is 0 Å². The van der Waals surface area contributed by atoms with Crippen molar-refractivity contribution in [1.29, 1.82) is 0 Å². The molecule has 0 heterocycles. The lowest BCUT2D eigenvalue weighted by atomic mass is 10.2. The molecule has 4 heteroatoms. The summed E-state index contributed by atoms with van der Waals surface area (Å²) in [5.41, 5.74) is 5.55. The third-order valence-corrected chi connectivity index (χ3v) is 1.81. The molecule has 0 rings (SSSR count). The van der Waals surface area contributed by atoms with E-state index in [0.29, 0.717) is 23.2 Å². The van der Waals surface area contributed by atoms with E-state index in [0.717, 1.165) is 0 Å². The van der Waals surface area contributed by atoms with Crippen LogP contribution in [-0.4, -0.2) is 11.3 Å². The maximum Gasteiger partial charge on any atom is 0.153 e. The van der Waals surface area contributed by atoms with Crippen LogP contribution in [0, 0.1) is 0 Å². The fraction of sp³-hybridized carbons (Fsp3) is 0.333. The third kappa shape index (κ3) is 2.49. The molecular weight excluding hydrogens is 166 g/mol. The maximum absolute atomic E-state index is 10.3. The minimum Gasteiger partial charge on any atom is -0.389 e. The molecule has 0 spiro atoms. The normalized spacial score (nSPS) is 12.2. The molecule has 0 aliphatic carbocycles. The van der Waals surface area contributed by atoms with E-state index in [-0.39, 0.29) is 4.99 Å². The maximum atomic E-state index is 10.3. The molecule has 0 aromatic rings. The Kier molecular flexibility index (Phi) is 4.31. The Morgan fingerprint density at radius 2 is 2.30 bits per heavy atom. The highest BCUT2D eigenvalue weighted by Gasteiger charge is 2.02. The molecule has 56 valence electrons. The second-order valence-corrected chi connectivity index (χ2v) is 2.68. The molecule has 2 N–H and O–H groups in total. The molecule has 0 aliphatic heterocycles. The molecule has 10 heavy (non-hydrogen) atoms. The minimum atomic E-state index is 0.113. The van der Waals surface area contributed by atoms with Gasteiger partial charge in [-0.1, -0.05) is 19.1 Å². The number of nitrogens with two attached hydrogens (primary N) is 1. The zero-order valence-electron chi connectivity index (χ0n) is 5.63. The molecule has 0 bridgehead atoms. The first-order chi connectivity index (χ1) is 4.63. The number of hydrogen-bond acceptors (Lipinski definition) is 3. The van der Waals surface area contributed by atoms with Gasteiger partial charge in [0.1, 0.15) is 4.99 Å². The van der Waals surface area contributed by atoms with E-state index in [4.69, 9.17) is 5.73 Å². The molecule has 0 unspecified atom stereocenters. The molecule has 2 nitrogen and oxygen atoms in total. The summed E-state index contributed by atoms with van der Waals surface area (Å²) in [4.78, 5) is 11.0. The molecule has 0 radical (unpaired) electrons. The Hall–Kier alpha value is -0.350. The predicted octanol–water partition coefficient (Wildman–Crippen LogP) is 1.07. The van der Waals surface area contributed by atoms with Crippen LogP contribution in [0.4, 0.5) is 0 Å². The minimum absolute atomic E-state index is 0.113. The Bertz CT molecular complexity index is 186. The molecule has 0 saturated heterocycles. The van der Waals surface area contributed by atoms with Gasteiger partial charge in [0.2, 0.25) is 0 Å². The van der Waals surface area contributed by atoms with E-state index >= 15 is 0 Å². The van der Waals surface area contributed by atoms with E-state index < -0.39 is 0 Å². The monoisotopic (exact) mass is 175 g/mol. The summed E-state index contributed by atoms with van der Waals surface area (Å²) in [6.07, 6.45) is 1.31. The van der Waals surface area contributed by atoms with Crippen molar-refractivity contribution in [2.24, 2.45) is 5.73 Å². The Labute approximate surface area is 70.9 Å². The Morgan fingerprint density at radius 3 is 2.40 bits per heavy atom. The highest BCUT2D eigenvalue weighted by Crippen LogP contribution is 2.10. The van der Waals surface area contributed by atoms with Gasteiger partial charge in [0, 0.05) is 0 Å². The van der Waals surface area contributed by atoms with Crippen molar-refractivity contribution in [2.45, 2.75) is 13.3 Å². The van der Waals surface area contributed by atoms with E-state index in [9.17, 15) is 4.79 Å². The summed E-state index contributed by atoms with van der Waals surface area (Å²) in [5, 5.41) is 0. The highest BCUT2D eigenvalue weighted by atomic mass is 32.1. The quantitative estimate of drug-likeness (QED) is 0.292. The lowest BCUT2D eigenvalue weighted by Crippen LogP contribution is -2.13. The van der Waals surface area contributed by atoms with Crippen LogP contribution in [0.15, 0.2) is 10.5 Å². The average Bonchev–Trinajstić information content (AvgIpc) is 1.88. The molecule has 0 aromatic heterocycles. The standard InChI is InChI=1S/C6H9NOS2/c1-2-5(9)4(3-8)6(7)10/h3,9H,2H2,1H3,(H2,7,10)/b5-4+. The van der Waals surface area contributed by atoms with Crippen LogP contribution in [0.2, 0.25) is 0 Å². The molecule has 0 atom stereocenters. The van der Waals surface area contributed by atoms with E-state index in [1.54, 1.807) is 0 Å². The van der Waals surface area contributed by atoms with Gasteiger partial charge in [0.05, 0.1) is 5.57 Å². The SMILES string of the molecule is CC/C(S)=C(/C=O)C(N)=S. The van der Waals surface area contributed by atoms with Gasteiger partial charge in [0.25, 0.3) is 0 Å². The average molecular weight is 175 g/mol. The summed E-state index contributed by atoms with van der Waals surface area (Å²) in [7, 11) is 0. The van der Waals surface area contributed by atoms with Gasteiger partial charge in [-0.3, -0.25) is 4.79 Å². The van der Waals surface area contributed by atoms with Gasteiger partial charge >= 0.3 is 0 Å². The summed E-state index contributed by atoms with van der Waals surface area (Å²) < 4.78 is 0. The first kappa shape index (κ1) is 9.65. The van der Waals surface area contributed by atoms with Gasteiger partial charge < -0.3 is 5.73 Å². The first-order valence-electron chi connectivity index (χ1n) is 2.80. The second kappa shape index (κ2) is 4.46. The van der Waals surface area contributed by atoms with Crippen molar-refractivity contribution < 1.29 is 4.79 Å². The first-order valence-corrected chi connectivity index (χ1v) is 3.66. The van der Waals surface area contributed by atoms with Crippen molar-refractivity contribution in [3.8, 4) is 0 Å². The highest BCUT2D eigenvalue weighted by molar-refractivity contribution is 7.85. The lowest BCUT2D eigenvalue weighted by molar-refractivity contribution is -0.104. The number of thiol groups is 1. The summed E-state index contributed by atoms with van der Waals surface area (Å²) in [5.74, 6) is 0. The summed E-state index contributed by atoms with van der Waals surface area (Å²) >= 11 is 8.62. The van der Waals surface area contributed by atoms with Crippen molar-refractivity contribution >= 4 is 36.1 Å². The Balaban J connectivity index is 4.62. The number of carbonyl (C=O) groups is 1. The fourth-order valence-corrected chi connectivity index (χ4v) is 0.879. The molecule has 0 aromatic carbocycles. The largest absolute Gasteiger partial charge is 0.389 e. The number of rotatable bonds is 3. The van der Waals surface area contributed by atoms with Gasteiger partial charge in [-0.05, 0) is 11.3 Å². The van der Waals surface area contributed by atoms with Crippen LogP contribution < -0.4 is 5.73 Å². The van der Waals surface area contributed by atoms with Crippen molar-refractivity contribution in [1.82, 2.24) is 0 Å². The third-order valence-electron chi connectivity index (χ3n) is 1.03. The lowest BCUT2D eigenvalue weighted by Gasteiger charge is -1.98.